The third-order valence-electron chi connectivity index (χ3n) is 2.52. The molecule has 20 heavy (non-hydrogen) atoms. The van der Waals surface area contributed by atoms with Gasteiger partial charge in [0.1, 0.15) is 0 Å². The summed E-state index contributed by atoms with van der Waals surface area (Å²) in [4.78, 5) is 0. The highest BCUT2D eigenvalue weighted by Crippen LogP contribution is 2.26. The van der Waals surface area contributed by atoms with Gasteiger partial charge in [0.15, 0.2) is 17.8 Å². The lowest BCUT2D eigenvalue weighted by Crippen LogP contribution is -2.20. The minimum Gasteiger partial charge on any atom is -0.493 e. The largest absolute Gasteiger partial charge is 0.493 e. The molecule has 0 unspecified atom stereocenters. The Morgan fingerprint density at radius 3 is 2.30 bits per heavy atom. The van der Waals surface area contributed by atoms with Crippen molar-refractivity contribution in [3.63, 3.8) is 0 Å². The highest BCUT2D eigenvalue weighted by Gasteiger charge is 2.08. The SMILES string of the molecule is CCOCCOCCO[C@H](C)Oc1ccccc1OC. The van der Waals surface area contributed by atoms with Gasteiger partial charge in [-0.1, -0.05) is 12.1 Å². The summed E-state index contributed by atoms with van der Waals surface area (Å²) >= 11 is 0. The molecule has 1 rings (SSSR count). The first-order chi connectivity index (χ1) is 9.77. The molecule has 0 heterocycles. The minimum atomic E-state index is -0.359. The number of benzene rings is 1. The van der Waals surface area contributed by atoms with E-state index in [1.54, 1.807) is 7.11 Å². The molecule has 5 nitrogen and oxygen atoms in total. The van der Waals surface area contributed by atoms with Gasteiger partial charge in [0, 0.05) is 6.61 Å². The van der Waals surface area contributed by atoms with Crippen molar-refractivity contribution < 1.29 is 23.7 Å². The molecule has 0 aliphatic rings. The summed E-state index contributed by atoms with van der Waals surface area (Å²) in [5, 5.41) is 0. The van der Waals surface area contributed by atoms with Crippen LogP contribution in [-0.2, 0) is 14.2 Å². The van der Waals surface area contributed by atoms with Crippen LogP contribution in [-0.4, -0.2) is 46.4 Å². The fourth-order valence-corrected chi connectivity index (χ4v) is 1.57. The number of hydrogen-bond acceptors (Lipinski definition) is 5. The number of para-hydroxylation sites is 2. The maximum Gasteiger partial charge on any atom is 0.197 e. The molecule has 114 valence electrons. The normalized spacial score (nSPS) is 12.2. The number of hydrogen-bond donors (Lipinski definition) is 0. The van der Waals surface area contributed by atoms with E-state index in [9.17, 15) is 0 Å². The molecule has 0 aromatic heterocycles. The van der Waals surface area contributed by atoms with Gasteiger partial charge in [0.05, 0.1) is 33.5 Å². The van der Waals surface area contributed by atoms with Gasteiger partial charge in [-0.25, -0.2) is 0 Å². The van der Waals surface area contributed by atoms with Gasteiger partial charge in [0.25, 0.3) is 0 Å². The number of ether oxygens (including phenoxy) is 5. The summed E-state index contributed by atoms with van der Waals surface area (Å²) in [6.45, 7) is 6.70. The summed E-state index contributed by atoms with van der Waals surface area (Å²) < 4.78 is 26.9. The van der Waals surface area contributed by atoms with Crippen molar-refractivity contribution >= 4 is 0 Å². The van der Waals surface area contributed by atoms with Crippen LogP contribution in [0, 0.1) is 0 Å². The van der Waals surface area contributed by atoms with Crippen LogP contribution in [0.4, 0.5) is 0 Å². The van der Waals surface area contributed by atoms with Crippen LogP contribution >= 0.6 is 0 Å². The smallest absolute Gasteiger partial charge is 0.197 e. The van der Waals surface area contributed by atoms with Gasteiger partial charge in [0.2, 0.25) is 0 Å². The second kappa shape index (κ2) is 10.5. The first kappa shape index (κ1) is 16.8. The molecule has 0 saturated carbocycles. The van der Waals surface area contributed by atoms with Crippen molar-refractivity contribution in [3.8, 4) is 11.5 Å². The van der Waals surface area contributed by atoms with E-state index in [1.165, 1.54) is 0 Å². The van der Waals surface area contributed by atoms with Crippen LogP contribution < -0.4 is 9.47 Å². The molecule has 0 aliphatic heterocycles. The highest BCUT2D eigenvalue weighted by atomic mass is 16.7. The molecular weight excluding hydrogens is 260 g/mol. The lowest BCUT2D eigenvalue weighted by Gasteiger charge is -2.17. The van der Waals surface area contributed by atoms with Gasteiger partial charge in [-0.3, -0.25) is 0 Å². The van der Waals surface area contributed by atoms with Gasteiger partial charge >= 0.3 is 0 Å². The summed E-state index contributed by atoms with van der Waals surface area (Å²) in [5.74, 6) is 1.36. The Kier molecular flexibility index (Phi) is 8.78. The Bertz CT molecular complexity index is 356. The topological polar surface area (TPSA) is 46.2 Å². The highest BCUT2D eigenvalue weighted by molar-refractivity contribution is 5.39. The van der Waals surface area contributed by atoms with Gasteiger partial charge in [-0.2, -0.15) is 0 Å². The Labute approximate surface area is 120 Å². The maximum atomic E-state index is 5.65. The van der Waals surface area contributed by atoms with Gasteiger partial charge in [-0.15, -0.1) is 0 Å². The number of methoxy groups -OCH3 is 1. The first-order valence-corrected chi connectivity index (χ1v) is 6.84. The van der Waals surface area contributed by atoms with E-state index in [4.69, 9.17) is 23.7 Å². The molecule has 0 saturated heterocycles. The lowest BCUT2D eigenvalue weighted by molar-refractivity contribution is -0.0866. The second-order valence-corrected chi connectivity index (χ2v) is 4.02. The van der Waals surface area contributed by atoms with E-state index >= 15 is 0 Å². The zero-order valence-electron chi connectivity index (χ0n) is 12.5. The minimum absolute atomic E-state index is 0.359. The monoisotopic (exact) mass is 284 g/mol. The quantitative estimate of drug-likeness (QED) is 0.461. The number of rotatable bonds is 11. The first-order valence-electron chi connectivity index (χ1n) is 6.84. The summed E-state index contributed by atoms with van der Waals surface area (Å²) in [6.07, 6.45) is -0.359. The third kappa shape index (κ3) is 6.75. The standard InChI is InChI=1S/C15H24O5/c1-4-17-9-10-18-11-12-19-13(2)20-15-8-6-5-7-14(15)16-3/h5-8,13H,4,9-12H2,1-3H3/t13-/m0/s1. The van der Waals surface area contributed by atoms with Gasteiger partial charge < -0.3 is 23.7 Å². The van der Waals surface area contributed by atoms with Crippen molar-refractivity contribution in [1.82, 2.24) is 0 Å². The molecule has 5 heteroatoms. The summed E-state index contributed by atoms with van der Waals surface area (Å²) in [5.41, 5.74) is 0. The van der Waals surface area contributed by atoms with E-state index in [0.717, 1.165) is 0 Å². The van der Waals surface area contributed by atoms with Gasteiger partial charge in [-0.05, 0) is 26.0 Å². The zero-order valence-corrected chi connectivity index (χ0v) is 12.5. The molecule has 0 fully saturated rings. The molecule has 1 aromatic rings. The maximum absolute atomic E-state index is 5.65. The molecule has 0 amide bonds. The van der Waals surface area contributed by atoms with E-state index in [-0.39, 0.29) is 6.29 Å². The predicted molar refractivity (Wildman–Crippen MR) is 76.3 cm³/mol. The Balaban J connectivity index is 2.15. The van der Waals surface area contributed by atoms with E-state index in [0.29, 0.717) is 44.5 Å². The van der Waals surface area contributed by atoms with Crippen LogP contribution in [0.3, 0.4) is 0 Å². The van der Waals surface area contributed by atoms with Crippen LogP contribution in [0.25, 0.3) is 0 Å². The van der Waals surface area contributed by atoms with Crippen molar-refractivity contribution in [3.05, 3.63) is 24.3 Å². The second-order valence-electron chi connectivity index (χ2n) is 4.02. The average molecular weight is 284 g/mol. The average Bonchev–Trinajstić information content (AvgIpc) is 2.47. The Hall–Kier alpha value is -1.30. The van der Waals surface area contributed by atoms with E-state index in [1.807, 2.05) is 38.1 Å². The fraction of sp³-hybridized carbons (Fsp3) is 0.600. The van der Waals surface area contributed by atoms with Crippen molar-refractivity contribution in [2.45, 2.75) is 20.1 Å². The summed E-state index contributed by atoms with van der Waals surface area (Å²) in [7, 11) is 1.61. The van der Waals surface area contributed by atoms with Crippen LogP contribution in [0.15, 0.2) is 24.3 Å². The lowest BCUT2D eigenvalue weighted by atomic mass is 10.3. The molecule has 0 N–H and O–H groups in total. The molecule has 1 aromatic carbocycles. The zero-order chi connectivity index (χ0) is 14.6. The van der Waals surface area contributed by atoms with Crippen LogP contribution in [0.5, 0.6) is 11.5 Å². The van der Waals surface area contributed by atoms with E-state index in [2.05, 4.69) is 0 Å². The molecule has 0 aliphatic carbocycles. The molecule has 0 radical (unpaired) electrons. The van der Waals surface area contributed by atoms with Crippen molar-refractivity contribution in [1.29, 1.82) is 0 Å². The molecule has 0 spiro atoms. The molecule has 1 atom stereocenters. The van der Waals surface area contributed by atoms with Crippen LogP contribution in [0.1, 0.15) is 13.8 Å². The molecular formula is C15H24O5. The van der Waals surface area contributed by atoms with E-state index < -0.39 is 0 Å². The van der Waals surface area contributed by atoms with Crippen molar-refractivity contribution in [2.24, 2.45) is 0 Å². The predicted octanol–water partition coefficient (Wildman–Crippen LogP) is 2.49. The third-order valence-corrected chi connectivity index (χ3v) is 2.52. The fourth-order valence-electron chi connectivity index (χ4n) is 1.57. The van der Waals surface area contributed by atoms with Crippen molar-refractivity contribution in [2.75, 3.05) is 40.1 Å². The molecule has 0 bridgehead atoms. The Morgan fingerprint density at radius 1 is 0.950 bits per heavy atom. The Morgan fingerprint density at radius 2 is 1.60 bits per heavy atom. The van der Waals surface area contributed by atoms with Crippen LogP contribution in [0.2, 0.25) is 0 Å². The summed E-state index contributed by atoms with van der Waals surface area (Å²) in [6, 6.07) is 7.47.